The highest BCUT2D eigenvalue weighted by molar-refractivity contribution is 6.08. The minimum absolute atomic E-state index is 0.0531. The van der Waals surface area contributed by atoms with Crippen LogP contribution in [-0.4, -0.2) is 44.7 Å². The minimum Gasteiger partial charge on any atom is -0.480 e. The molecule has 0 bridgehead atoms. The number of Topliss-reactive ketones (excluding diaryl/α,β-unsaturated/α-hetero) is 1. The number of ether oxygens (including phenoxy) is 1. The number of carboxylic acid groups (broad SMARTS) is 2. The molecular formula is C20H15N3O8. The Bertz CT molecular complexity index is 1260. The lowest BCUT2D eigenvalue weighted by molar-refractivity contribution is -0.138. The first-order valence-electron chi connectivity index (χ1n) is 9.02. The van der Waals surface area contributed by atoms with E-state index in [1.54, 1.807) is 0 Å². The van der Waals surface area contributed by atoms with Crippen LogP contribution in [0.25, 0.3) is 0 Å². The number of hydrogen-bond donors (Lipinski definition) is 5. The van der Waals surface area contributed by atoms with Gasteiger partial charge in [-0.2, -0.15) is 0 Å². The number of aromatic nitrogens is 1. The first-order valence-corrected chi connectivity index (χ1v) is 9.02. The number of aromatic carboxylic acids is 1. The molecule has 2 aromatic rings. The van der Waals surface area contributed by atoms with Gasteiger partial charge in [-0.25, -0.2) is 4.79 Å². The molecule has 0 saturated heterocycles. The van der Waals surface area contributed by atoms with Crippen LogP contribution >= 0.6 is 0 Å². The molecule has 6 N–H and O–H groups in total. The van der Waals surface area contributed by atoms with E-state index in [1.807, 2.05) is 0 Å². The van der Waals surface area contributed by atoms with Crippen LogP contribution in [0, 0.1) is 0 Å². The van der Waals surface area contributed by atoms with E-state index in [-0.39, 0.29) is 34.0 Å². The Labute approximate surface area is 173 Å². The second kappa shape index (κ2) is 7.22. The summed E-state index contributed by atoms with van der Waals surface area (Å²) >= 11 is 0. The normalized spacial score (nSPS) is 17.1. The molecule has 2 aliphatic rings. The maximum absolute atomic E-state index is 12.6. The highest BCUT2D eigenvalue weighted by atomic mass is 16.5. The highest BCUT2D eigenvalue weighted by Gasteiger charge is 2.37. The molecule has 0 spiro atoms. The number of nitrogens with two attached hydrogens (primary N) is 1. The van der Waals surface area contributed by atoms with Gasteiger partial charge >= 0.3 is 11.9 Å². The van der Waals surface area contributed by atoms with Crippen molar-refractivity contribution in [3.05, 3.63) is 68.8 Å². The predicted molar refractivity (Wildman–Crippen MR) is 104 cm³/mol. The SMILES string of the molecule is NC(CC(=O)c1cccc2c1NC1C(=CC(=O)c3[nH]c(C(=O)O)cc(=O)c31)O2)C(=O)O. The Kier molecular flexibility index (Phi) is 4.67. The molecule has 0 amide bonds. The van der Waals surface area contributed by atoms with E-state index in [1.165, 1.54) is 18.2 Å². The molecule has 4 rings (SSSR count). The predicted octanol–water partition coefficient (Wildman–Crippen LogP) is 0.684. The molecule has 2 heterocycles. The zero-order valence-electron chi connectivity index (χ0n) is 15.7. The Balaban J connectivity index is 1.79. The number of nitrogens with one attached hydrogen (secondary N) is 2. The van der Waals surface area contributed by atoms with Crippen LogP contribution in [-0.2, 0) is 4.79 Å². The van der Waals surface area contributed by atoms with Gasteiger partial charge in [0.1, 0.15) is 23.5 Å². The van der Waals surface area contributed by atoms with Crippen molar-refractivity contribution in [2.75, 3.05) is 5.32 Å². The fraction of sp³-hybridized carbons (Fsp3) is 0.150. The molecule has 2 atom stereocenters. The zero-order valence-corrected chi connectivity index (χ0v) is 15.7. The number of para-hydroxylation sites is 1. The molecule has 1 aromatic carbocycles. The number of hydrogen-bond acceptors (Lipinski definition) is 8. The van der Waals surface area contributed by atoms with Gasteiger partial charge in [0.25, 0.3) is 0 Å². The number of allylic oxidation sites excluding steroid dienone is 1. The number of aliphatic carboxylic acids is 1. The van der Waals surface area contributed by atoms with Crippen LogP contribution in [0.5, 0.6) is 5.75 Å². The second-order valence-electron chi connectivity index (χ2n) is 6.98. The summed E-state index contributed by atoms with van der Waals surface area (Å²) in [5.41, 5.74) is 4.37. The molecule has 11 nitrogen and oxygen atoms in total. The molecule has 31 heavy (non-hydrogen) atoms. The zero-order chi connectivity index (χ0) is 22.4. The van der Waals surface area contributed by atoms with Crippen LogP contribution in [0.1, 0.15) is 49.4 Å². The monoisotopic (exact) mass is 425 g/mol. The Morgan fingerprint density at radius 2 is 1.94 bits per heavy atom. The van der Waals surface area contributed by atoms with Crippen LogP contribution in [0.3, 0.4) is 0 Å². The fourth-order valence-corrected chi connectivity index (χ4v) is 3.49. The van der Waals surface area contributed by atoms with Gasteiger partial charge in [0.15, 0.2) is 17.0 Å². The number of carboxylic acids is 2. The van der Waals surface area contributed by atoms with Crippen molar-refractivity contribution >= 4 is 29.2 Å². The lowest BCUT2D eigenvalue weighted by Crippen LogP contribution is -2.35. The Morgan fingerprint density at radius 1 is 1.19 bits per heavy atom. The van der Waals surface area contributed by atoms with Crippen molar-refractivity contribution in [2.24, 2.45) is 5.73 Å². The van der Waals surface area contributed by atoms with E-state index >= 15 is 0 Å². The maximum atomic E-state index is 12.6. The smallest absolute Gasteiger partial charge is 0.352 e. The van der Waals surface area contributed by atoms with Crippen LogP contribution in [0.4, 0.5) is 5.69 Å². The first-order chi connectivity index (χ1) is 14.7. The van der Waals surface area contributed by atoms with Crippen molar-refractivity contribution in [1.29, 1.82) is 0 Å². The lowest BCUT2D eigenvalue weighted by atomic mass is 9.91. The number of benzene rings is 1. The summed E-state index contributed by atoms with van der Waals surface area (Å²) in [5.74, 6) is -3.61. The van der Waals surface area contributed by atoms with Crippen molar-refractivity contribution in [2.45, 2.75) is 18.5 Å². The maximum Gasteiger partial charge on any atom is 0.352 e. The van der Waals surface area contributed by atoms with E-state index in [0.717, 1.165) is 12.1 Å². The highest BCUT2D eigenvalue weighted by Crippen LogP contribution is 2.43. The molecule has 2 unspecified atom stereocenters. The van der Waals surface area contributed by atoms with Gasteiger partial charge in [0, 0.05) is 24.1 Å². The number of ketones is 2. The topological polar surface area (TPSA) is 189 Å². The van der Waals surface area contributed by atoms with E-state index in [9.17, 15) is 24.0 Å². The van der Waals surface area contributed by atoms with Gasteiger partial charge in [-0.3, -0.25) is 19.2 Å². The van der Waals surface area contributed by atoms with E-state index in [4.69, 9.17) is 20.7 Å². The molecule has 158 valence electrons. The van der Waals surface area contributed by atoms with Crippen molar-refractivity contribution < 1.29 is 34.1 Å². The fourth-order valence-electron chi connectivity index (χ4n) is 3.49. The molecule has 0 fully saturated rings. The number of rotatable bonds is 5. The van der Waals surface area contributed by atoms with E-state index in [2.05, 4.69) is 10.3 Å². The molecule has 11 heteroatoms. The van der Waals surface area contributed by atoms with Crippen LogP contribution in [0.2, 0.25) is 0 Å². The number of pyridine rings is 1. The third-order valence-electron chi connectivity index (χ3n) is 4.96. The first kappa shape index (κ1) is 20.0. The summed E-state index contributed by atoms with van der Waals surface area (Å²) < 4.78 is 5.75. The number of fused-ring (bicyclic) bond motifs is 4. The second-order valence-corrected chi connectivity index (χ2v) is 6.98. The van der Waals surface area contributed by atoms with Crippen molar-refractivity contribution in [1.82, 2.24) is 4.98 Å². The average Bonchev–Trinajstić information content (AvgIpc) is 2.71. The number of aromatic amines is 1. The van der Waals surface area contributed by atoms with Gasteiger partial charge in [0.05, 0.1) is 16.9 Å². The summed E-state index contributed by atoms with van der Waals surface area (Å²) in [6.07, 6.45) is 0.664. The number of carbonyl (C=O) groups is 4. The average molecular weight is 425 g/mol. The van der Waals surface area contributed by atoms with Gasteiger partial charge in [-0.15, -0.1) is 0 Å². The molecule has 1 aromatic heterocycles. The number of H-pyrrole nitrogens is 1. The third kappa shape index (κ3) is 3.36. The third-order valence-corrected chi connectivity index (χ3v) is 4.96. The number of anilines is 1. The standard InChI is InChI=1S/C20H15N3O8/c21-8(19(27)28)4-10(24)7-2-1-3-13-16(7)23-18-14(31-13)6-12(26)17-15(18)11(25)5-9(22-17)20(29)30/h1-3,5-6,8,18,23H,4,21H2,(H,22,25)(H,27,28)(H,29,30). The van der Waals surface area contributed by atoms with Gasteiger partial charge < -0.3 is 31.0 Å². The van der Waals surface area contributed by atoms with Gasteiger partial charge in [-0.05, 0) is 12.1 Å². The Hall–Kier alpha value is -4.25. The van der Waals surface area contributed by atoms with E-state index in [0.29, 0.717) is 0 Å². The van der Waals surface area contributed by atoms with Crippen molar-refractivity contribution in [3.8, 4) is 5.75 Å². The molecular weight excluding hydrogens is 410 g/mol. The summed E-state index contributed by atoms with van der Waals surface area (Å²) in [7, 11) is 0. The summed E-state index contributed by atoms with van der Waals surface area (Å²) in [4.78, 5) is 62.4. The summed E-state index contributed by atoms with van der Waals surface area (Å²) in [6, 6.07) is 3.00. The summed E-state index contributed by atoms with van der Waals surface area (Å²) in [5, 5.41) is 21.1. The van der Waals surface area contributed by atoms with Gasteiger partial charge in [0.2, 0.25) is 5.78 Å². The minimum atomic E-state index is -1.40. The largest absolute Gasteiger partial charge is 0.480 e. The van der Waals surface area contributed by atoms with Crippen LogP contribution < -0.4 is 21.2 Å². The number of carbonyl (C=O) groups excluding carboxylic acids is 2. The Morgan fingerprint density at radius 3 is 2.61 bits per heavy atom. The van der Waals surface area contributed by atoms with E-state index < -0.39 is 53.1 Å². The summed E-state index contributed by atoms with van der Waals surface area (Å²) in [6.45, 7) is 0. The van der Waals surface area contributed by atoms with Gasteiger partial charge in [-0.1, -0.05) is 6.07 Å². The lowest BCUT2D eigenvalue weighted by Gasteiger charge is -2.33. The quantitative estimate of drug-likeness (QED) is 0.426. The molecule has 1 aliphatic heterocycles. The molecule has 0 radical (unpaired) electrons. The molecule has 1 aliphatic carbocycles. The van der Waals surface area contributed by atoms with Crippen molar-refractivity contribution in [3.63, 3.8) is 0 Å². The van der Waals surface area contributed by atoms with Crippen LogP contribution in [0.15, 0.2) is 40.9 Å². The molecule has 0 saturated carbocycles.